The van der Waals surface area contributed by atoms with Gasteiger partial charge >= 0.3 is 0 Å². The van der Waals surface area contributed by atoms with E-state index in [2.05, 4.69) is 24.0 Å². The number of fused-ring (bicyclic) bond motifs is 1. The number of nitrogens with zero attached hydrogens (tertiary/aromatic N) is 2. The second kappa shape index (κ2) is 3.48. The van der Waals surface area contributed by atoms with Crippen LogP contribution in [-0.4, -0.2) is 16.0 Å². The summed E-state index contributed by atoms with van der Waals surface area (Å²) in [4.78, 5) is 11.6. The smallest absolute Gasteiger partial charge is 0.164 e. The summed E-state index contributed by atoms with van der Waals surface area (Å²) in [7, 11) is 0. The van der Waals surface area contributed by atoms with E-state index in [1.54, 1.807) is 12.3 Å². The van der Waals surface area contributed by atoms with Crippen LogP contribution in [0.25, 0.3) is 0 Å². The van der Waals surface area contributed by atoms with Gasteiger partial charge in [0.25, 0.3) is 0 Å². The Hall–Kier alpha value is -1.25. The van der Waals surface area contributed by atoms with Gasteiger partial charge in [0.15, 0.2) is 5.78 Å². The van der Waals surface area contributed by atoms with E-state index in [4.69, 9.17) is 0 Å². The summed E-state index contributed by atoms with van der Waals surface area (Å²) in [6.07, 6.45) is 3.17. The van der Waals surface area contributed by atoms with Gasteiger partial charge in [0.2, 0.25) is 0 Å². The van der Waals surface area contributed by atoms with Crippen molar-refractivity contribution in [2.24, 2.45) is 5.92 Å². The SMILES string of the molecule is CC(C)C1CCC(=O)c2ccnnc21. The molecule has 1 heterocycles. The topological polar surface area (TPSA) is 42.9 Å². The van der Waals surface area contributed by atoms with Crippen molar-refractivity contribution in [1.29, 1.82) is 0 Å². The van der Waals surface area contributed by atoms with Gasteiger partial charge in [-0.2, -0.15) is 10.2 Å². The fraction of sp³-hybridized carbons (Fsp3) is 0.545. The summed E-state index contributed by atoms with van der Waals surface area (Å²) in [6, 6.07) is 1.79. The molecule has 0 bridgehead atoms. The lowest BCUT2D eigenvalue weighted by molar-refractivity contribution is 0.0961. The summed E-state index contributed by atoms with van der Waals surface area (Å²) >= 11 is 0. The van der Waals surface area contributed by atoms with Gasteiger partial charge in [-0.25, -0.2) is 0 Å². The number of aromatic nitrogens is 2. The molecular weight excluding hydrogens is 176 g/mol. The highest BCUT2D eigenvalue weighted by Gasteiger charge is 2.28. The first-order valence-corrected chi connectivity index (χ1v) is 5.05. The third-order valence-corrected chi connectivity index (χ3v) is 2.89. The maximum atomic E-state index is 11.6. The van der Waals surface area contributed by atoms with E-state index in [1.807, 2.05) is 0 Å². The molecule has 0 aromatic carbocycles. The maximum Gasteiger partial charge on any atom is 0.164 e. The van der Waals surface area contributed by atoms with E-state index in [1.165, 1.54) is 0 Å². The molecule has 0 N–H and O–H groups in total. The van der Waals surface area contributed by atoms with Crippen molar-refractivity contribution in [3.63, 3.8) is 0 Å². The molecule has 14 heavy (non-hydrogen) atoms. The molecule has 0 spiro atoms. The Morgan fingerprint density at radius 1 is 1.50 bits per heavy atom. The highest BCUT2D eigenvalue weighted by molar-refractivity contribution is 5.98. The Balaban J connectivity index is 2.46. The standard InChI is InChI=1S/C11H14N2O/c1-7(2)8-3-4-10(14)9-5-6-12-13-11(8)9/h5-8H,3-4H2,1-2H3. The van der Waals surface area contributed by atoms with Crippen LogP contribution in [0.3, 0.4) is 0 Å². The number of carbonyl (C=O) groups excluding carboxylic acids is 1. The number of rotatable bonds is 1. The van der Waals surface area contributed by atoms with Crippen molar-refractivity contribution < 1.29 is 4.79 Å². The summed E-state index contributed by atoms with van der Waals surface area (Å²) in [5.74, 6) is 1.14. The maximum absolute atomic E-state index is 11.6. The molecule has 0 fully saturated rings. The Morgan fingerprint density at radius 2 is 2.29 bits per heavy atom. The lowest BCUT2D eigenvalue weighted by Gasteiger charge is -2.25. The fourth-order valence-electron chi connectivity index (χ4n) is 2.06. The number of hydrogen-bond donors (Lipinski definition) is 0. The van der Waals surface area contributed by atoms with Crippen LogP contribution in [0.15, 0.2) is 12.3 Å². The predicted octanol–water partition coefficient (Wildman–Crippen LogP) is 2.19. The molecule has 3 nitrogen and oxygen atoms in total. The first-order chi connectivity index (χ1) is 6.70. The van der Waals surface area contributed by atoms with Crippen molar-refractivity contribution in [3.8, 4) is 0 Å². The van der Waals surface area contributed by atoms with Gasteiger partial charge in [0.05, 0.1) is 11.9 Å². The molecule has 0 saturated carbocycles. The highest BCUT2D eigenvalue weighted by atomic mass is 16.1. The Labute approximate surface area is 83.5 Å². The molecule has 0 radical (unpaired) electrons. The Morgan fingerprint density at radius 3 is 3.00 bits per heavy atom. The van der Waals surface area contributed by atoms with Gasteiger partial charge in [-0.05, 0) is 18.4 Å². The van der Waals surface area contributed by atoms with E-state index in [-0.39, 0.29) is 5.78 Å². The molecule has 0 aliphatic heterocycles. The minimum atomic E-state index is 0.215. The van der Waals surface area contributed by atoms with Crippen LogP contribution in [0.4, 0.5) is 0 Å². The molecule has 1 aromatic heterocycles. The third kappa shape index (κ3) is 1.43. The normalized spacial score (nSPS) is 21.1. The van der Waals surface area contributed by atoms with Crippen LogP contribution in [0.1, 0.15) is 48.7 Å². The predicted molar refractivity (Wildman–Crippen MR) is 53.2 cm³/mol. The number of hydrogen-bond acceptors (Lipinski definition) is 3. The van der Waals surface area contributed by atoms with E-state index in [9.17, 15) is 4.79 Å². The van der Waals surface area contributed by atoms with E-state index in [0.717, 1.165) is 17.7 Å². The average molecular weight is 190 g/mol. The summed E-state index contributed by atoms with van der Waals surface area (Å²) in [6.45, 7) is 4.33. The Bertz CT molecular complexity index is 360. The zero-order valence-corrected chi connectivity index (χ0v) is 8.53. The fourth-order valence-corrected chi connectivity index (χ4v) is 2.06. The lowest BCUT2D eigenvalue weighted by atomic mass is 9.80. The molecule has 0 amide bonds. The molecular formula is C11H14N2O. The summed E-state index contributed by atoms with van der Waals surface area (Å²) in [5, 5.41) is 7.96. The molecule has 1 aliphatic carbocycles. The van der Waals surface area contributed by atoms with E-state index < -0.39 is 0 Å². The quantitative estimate of drug-likeness (QED) is 0.681. The number of carbonyl (C=O) groups is 1. The van der Waals surface area contributed by atoms with Crippen molar-refractivity contribution in [2.75, 3.05) is 0 Å². The van der Waals surface area contributed by atoms with Crippen molar-refractivity contribution in [2.45, 2.75) is 32.6 Å². The van der Waals surface area contributed by atoms with Gasteiger partial charge < -0.3 is 0 Å². The van der Waals surface area contributed by atoms with Gasteiger partial charge in [0.1, 0.15) is 0 Å². The molecule has 1 atom stereocenters. The van der Waals surface area contributed by atoms with Crippen LogP contribution in [0.2, 0.25) is 0 Å². The van der Waals surface area contributed by atoms with Crippen LogP contribution in [0, 0.1) is 5.92 Å². The Kier molecular flexibility index (Phi) is 2.32. The average Bonchev–Trinajstić information content (AvgIpc) is 2.18. The largest absolute Gasteiger partial charge is 0.294 e. The van der Waals surface area contributed by atoms with Crippen LogP contribution >= 0.6 is 0 Å². The number of ketones is 1. The van der Waals surface area contributed by atoms with Crippen LogP contribution < -0.4 is 0 Å². The van der Waals surface area contributed by atoms with Crippen molar-refractivity contribution in [3.05, 3.63) is 23.5 Å². The molecule has 74 valence electrons. The van der Waals surface area contributed by atoms with Gasteiger partial charge in [-0.3, -0.25) is 4.79 Å². The first kappa shape index (κ1) is 9.31. The van der Waals surface area contributed by atoms with Crippen molar-refractivity contribution >= 4 is 5.78 Å². The lowest BCUT2D eigenvalue weighted by Crippen LogP contribution is -2.21. The molecule has 1 aromatic rings. The number of Topliss-reactive ketones (excluding diaryl/α,β-unsaturated/α-hetero) is 1. The van der Waals surface area contributed by atoms with Gasteiger partial charge in [0, 0.05) is 17.9 Å². The molecule has 2 rings (SSSR count). The van der Waals surface area contributed by atoms with Crippen LogP contribution in [0.5, 0.6) is 0 Å². The highest BCUT2D eigenvalue weighted by Crippen LogP contribution is 2.34. The van der Waals surface area contributed by atoms with Gasteiger partial charge in [-0.15, -0.1) is 0 Å². The second-order valence-corrected chi connectivity index (χ2v) is 4.14. The third-order valence-electron chi connectivity index (χ3n) is 2.89. The zero-order valence-electron chi connectivity index (χ0n) is 8.53. The first-order valence-electron chi connectivity index (χ1n) is 5.05. The van der Waals surface area contributed by atoms with E-state index >= 15 is 0 Å². The molecule has 0 saturated heterocycles. The van der Waals surface area contributed by atoms with Crippen molar-refractivity contribution in [1.82, 2.24) is 10.2 Å². The minimum absolute atomic E-state index is 0.215. The monoisotopic (exact) mass is 190 g/mol. The van der Waals surface area contributed by atoms with Gasteiger partial charge in [-0.1, -0.05) is 13.8 Å². The molecule has 1 unspecified atom stereocenters. The molecule has 3 heteroatoms. The zero-order chi connectivity index (χ0) is 10.1. The summed E-state index contributed by atoms with van der Waals surface area (Å²) < 4.78 is 0. The summed E-state index contributed by atoms with van der Waals surface area (Å²) in [5.41, 5.74) is 1.68. The van der Waals surface area contributed by atoms with Crippen LogP contribution in [-0.2, 0) is 0 Å². The minimum Gasteiger partial charge on any atom is -0.294 e. The van der Waals surface area contributed by atoms with E-state index in [0.29, 0.717) is 18.3 Å². The molecule has 1 aliphatic rings. The second-order valence-electron chi connectivity index (χ2n) is 4.14.